The SMILES string of the molecule is Cc1cnc(C(C)NCc2nc(C)c(C)o2)o1. The highest BCUT2D eigenvalue weighted by molar-refractivity contribution is 5.05. The molecule has 0 saturated heterocycles. The van der Waals surface area contributed by atoms with Crippen LogP contribution >= 0.6 is 0 Å². The maximum Gasteiger partial charge on any atom is 0.211 e. The van der Waals surface area contributed by atoms with Crippen molar-refractivity contribution in [3.05, 3.63) is 35.2 Å². The molecule has 1 atom stereocenters. The van der Waals surface area contributed by atoms with Crippen molar-refractivity contribution in [1.29, 1.82) is 0 Å². The molecule has 0 amide bonds. The third kappa shape index (κ3) is 2.74. The van der Waals surface area contributed by atoms with Gasteiger partial charge in [-0.1, -0.05) is 0 Å². The molecule has 5 heteroatoms. The molecule has 0 fully saturated rings. The van der Waals surface area contributed by atoms with Crippen LogP contribution in [0.5, 0.6) is 0 Å². The highest BCUT2D eigenvalue weighted by Crippen LogP contribution is 2.13. The van der Waals surface area contributed by atoms with Crippen LogP contribution in [-0.4, -0.2) is 9.97 Å². The van der Waals surface area contributed by atoms with Crippen molar-refractivity contribution >= 4 is 0 Å². The standard InChI is InChI=1S/C12H17N3O2/c1-7-5-14-12(16-7)9(3)13-6-11-15-8(2)10(4)17-11/h5,9,13H,6H2,1-4H3. The molecule has 2 aromatic rings. The lowest BCUT2D eigenvalue weighted by molar-refractivity contribution is 0.378. The molecule has 1 N–H and O–H groups in total. The van der Waals surface area contributed by atoms with Crippen molar-refractivity contribution in [2.45, 2.75) is 40.3 Å². The smallest absolute Gasteiger partial charge is 0.211 e. The first-order valence-corrected chi connectivity index (χ1v) is 5.65. The summed E-state index contributed by atoms with van der Waals surface area (Å²) in [4.78, 5) is 8.47. The number of aryl methyl sites for hydroxylation is 3. The van der Waals surface area contributed by atoms with Gasteiger partial charge in [0.1, 0.15) is 11.5 Å². The molecule has 92 valence electrons. The number of nitrogens with zero attached hydrogens (tertiary/aromatic N) is 2. The van der Waals surface area contributed by atoms with E-state index in [9.17, 15) is 0 Å². The van der Waals surface area contributed by atoms with E-state index in [2.05, 4.69) is 15.3 Å². The zero-order chi connectivity index (χ0) is 12.4. The van der Waals surface area contributed by atoms with Crippen molar-refractivity contribution in [3.63, 3.8) is 0 Å². The molecule has 0 aliphatic carbocycles. The molecule has 2 aromatic heterocycles. The molecule has 0 saturated carbocycles. The van der Waals surface area contributed by atoms with E-state index in [1.54, 1.807) is 6.20 Å². The largest absolute Gasteiger partial charge is 0.444 e. The van der Waals surface area contributed by atoms with Crippen molar-refractivity contribution < 1.29 is 8.83 Å². The molecule has 0 aliphatic rings. The van der Waals surface area contributed by atoms with Crippen LogP contribution in [0.1, 0.15) is 42.0 Å². The predicted molar refractivity (Wildman–Crippen MR) is 62.5 cm³/mol. The van der Waals surface area contributed by atoms with Crippen molar-refractivity contribution in [1.82, 2.24) is 15.3 Å². The van der Waals surface area contributed by atoms with E-state index < -0.39 is 0 Å². The monoisotopic (exact) mass is 235 g/mol. The fraction of sp³-hybridized carbons (Fsp3) is 0.500. The first kappa shape index (κ1) is 11.9. The molecule has 1 unspecified atom stereocenters. The van der Waals surface area contributed by atoms with Crippen molar-refractivity contribution in [2.75, 3.05) is 0 Å². The Morgan fingerprint density at radius 1 is 1.29 bits per heavy atom. The first-order chi connectivity index (χ1) is 8.06. The van der Waals surface area contributed by atoms with Gasteiger partial charge in [-0.15, -0.1) is 0 Å². The lowest BCUT2D eigenvalue weighted by Gasteiger charge is -2.07. The van der Waals surface area contributed by atoms with Gasteiger partial charge < -0.3 is 8.83 Å². The Labute approximate surface area is 100 Å². The number of hydrogen-bond donors (Lipinski definition) is 1. The average molecular weight is 235 g/mol. The summed E-state index contributed by atoms with van der Waals surface area (Å²) in [5.74, 6) is 3.05. The zero-order valence-electron chi connectivity index (χ0n) is 10.6. The van der Waals surface area contributed by atoms with E-state index >= 15 is 0 Å². The normalized spacial score (nSPS) is 12.9. The van der Waals surface area contributed by atoms with Gasteiger partial charge in [0.15, 0.2) is 0 Å². The van der Waals surface area contributed by atoms with Gasteiger partial charge in [-0.05, 0) is 27.7 Å². The summed E-state index contributed by atoms with van der Waals surface area (Å²) in [6.07, 6.45) is 1.72. The van der Waals surface area contributed by atoms with E-state index in [-0.39, 0.29) is 6.04 Å². The Hall–Kier alpha value is -1.62. The van der Waals surface area contributed by atoms with Gasteiger partial charge in [0, 0.05) is 0 Å². The average Bonchev–Trinajstić information content (AvgIpc) is 2.83. The van der Waals surface area contributed by atoms with Gasteiger partial charge in [-0.2, -0.15) is 0 Å². The number of nitrogens with one attached hydrogen (secondary N) is 1. The molecule has 2 heterocycles. The van der Waals surface area contributed by atoms with Crippen LogP contribution in [0.15, 0.2) is 15.0 Å². The quantitative estimate of drug-likeness (QED) is 0.881. The highest BCUT2D eigenvalue weighted by atomic mass is 16.4. The fourth-order valence-electron chi connectivity index (χ4n) is 1.51. The summed E-state index contributed by atoms with van der Waals surface area (Å²) >= 11 is 0. The van der Waals surface area contributed by atoms with Crippen molar-refractivity contribution in [2.24, 2.45) is 0 Å². The molecular weight excluding hydrogens is 218 g/mol. The Morgan fingerprint density at radius 3 is 2.59 bits per heavy atom. The summed E-state index contributed by atoms with van der Waals surface area (Å²) in [6, 6.07) is 0.0382. The molecule has 0 spiro atoms. The first-order valence-electron chi connectivity index (χ1n) is 5.65. The molecule has 0 aromatic carbocycles. The minimum Gasteiger partial charge on any atom is -0.444 e. The Kier molecular flexibility index (Phi) is 3.28. The van der Waals surface area contributed by atoms with E-state index in [1.807, 2.05) is 27.7 Å². The zero-order valence-corrected chi connectivity index (χ0v) is 10.6. The summed E-state index contributed by atoms with van der Waals surface area (Å²) < 4.78 is 10.9. The van der Waals surface area contributed by atoms with Gasteiger partial charge >= 0.3 is 0 Å². The maximum absolute atomic E-state index is 5.48. The molecule has 0 bridgehead atoms. The molecule has 2 rings (SSSR count). The van der Waals surface area contributed by atoms with Gasteiger partial charge in [0.05, 0.1) is 24.5 Å². The van der Waals surface area contributed by atoms with Crippen LogP contribution in [0.3, 0.4) is 0 Å². The minimum absolute atomic E-state index is 0.0382. The van der Waals surface area contributed by atoms with E-state index in [0.717, 1.165) is 17.2 Å². The van der Waals surface area contributed by atoms with E-state index in [0.29, 0.717) is 18.3 Å². The number of aromatic nitrogens is 2. The minimum atomic E-state index is 0.0382. The Bertz CT molecular complexity index is 482. The second kappa shape index (κ2) is 4.71. The van der Waals surface area contributed by atoms with Crippen LogP contribution < -0.4 is 5.32 Å². The summed E-state index contributed by atoms with van der Waals surface area (Å²) in [5.41, 5.74) is 0.932. The fourth-order valence-corrected chi connectivity index (χ4v) is 1.51. The molecule has 0 radical (unpaired) electrons. The summed E-state index contributed by atoms with van der Waals surface area (Å²) in [7, 11) is 0. The van der Waals surface area contributed by atoms with Crippen LogP contribution in [0.4, 0.5) is 0 Å². The predicted octanol–water partition coefficient (Wildman–Crippen LogP) is 2.44. The maximum atomic E-state index is 5.48. The van der Waals surface area contributed by atoms with Crippen molar-refractivity contribution in [3.8, 4) is 0 Å². The van der Waals surface area contributed by atoms with E-state index in [1.165, 1.54) is 0 Å². The van der Waals surface area contributed by atoms with Crippen LogP contribution in [0, 0.1) is 20.8 Å². The van der Waals surface area contributed by atoms with Crippen LogP contribution in [0.25, 0.3) is 0 Å². The molecule has 5 nitrogen and oxygen atoms in total. The highest BCUT2D eigenvalue weighted by Gasteiger charge is 2.12. The second-order valence-electron chi connectivity index (χ2n) is 4.16. The third-order valence-electron chi connectivity index (χ3n) is 2.64. The van der Waals surface area contributed by atoms with Gasteiger partial charge in [-0.25, -0.2) is 9.97 Å². The van der Waals surface area contributed by atoms with Gasteiger partial charge in [-0.3, -0.25) is 5.32 Å². The van der Waals surface area contributed by atoms with Gasteiger partial charge in [0.25, 0.3) is 0 Å². The number of hydrogen-bond acceptors (Lipinski definition) is 5. The third-order valence-corrected chi connectivity index (χ3v) is 2.64. The molecule has 0 aliphatic heterocycles. The second-order valence-corrected chi connectivity index (χ2v) is 4.16. The summed E-state index contributed by atoms with van der Waals surface area (Å²) in [6.45, 7) is 8.28. The molecule has 17 heavy (non-hydrogen) atoms. The lowest BCUT2D eigenvalue weighted by atomic mass is 10.3. The molecular formula is C12H17N3O2. The van der Waals surface area contributed by atoms with Crippen LogP contribution in [-0.2, 0) is 6.54 Å². The number of rotatable bonds is 4. The number of oxazole rings is 2. The summed E-state index contributed by atoms with van der Waals surface area (Å²) in [5, 5.41) is 3.26. The Morgan fingerprint density at radius 2 is 2.06 bits per heavy atom. The lowest BCUT2D eigenvalue weighted by Crippen LogP contribution is -2.18. The topological polar surface area (TPSA) is 64.1 Å². The van der Waals surface area contributed by atoms with E-state index in [4.69, 9.17) is 8.83 Å². The van der Waals surface area contributed by atoms with Gasteiger partial charge in [0.2, 0.25) is 11.8 Å². The van der Waals surface area contributed by atoms with Crippen LogP contribution in [0.2, 0.25) is 0 Å². The Balaban J connectivity index is 1.94.